The number of carbonyl (C=O) groups is 1. The Kier molecular flexibility index (Phi) is 9.24. The number of alkyl halides is 1. The van der Waals surface area contributed by atoms with E-state index in [-0.39, 0.29) is 25.1 Å². The van der Waals surface area contributed by atoms with Crippen molar-refractivity contribution in [1.82, 2.24) is 10.2 Å². The van der Waals surface area contributed by atoms with Crippen LogP contribution in [0.25, 0.3) is 0 Å². The Balaban J connectivity index is 3.08. The third kappa shape index (κ3) is 9.42. The van der Waals surface area contributed by atoms with Gasteiger partial charge in [0.2, 0.25) is 0 Å². The number of nitrogens with zero attached hydrogens (tertiary/aromatic N) is 2. The first-order valence-electron chi connectivity index (χ1n) is 4.11. The van der Waals surface area contributed by atoms with Gasteiger partial charge in [0.05, 0.1) is 0 Å². The molecule has 0 aliphatic carbocycles. The van der Waals surface area contributed by atoms with E-state index in [1.165, 1.54) is 0 Å². The standard InChI is InChI=1S/C7H15IN4O/c1-8-7(13)10-5-3-2-4-6-11-12-9/h9H,2-6H2,1H3,(H,10,13). The summed E-state index contributed by atoms with van der Waals surface area (Å²) in [7, 11) is 0. The van der Waals surface area contributed by atoms with Gasteiger partial charge in [-0.1, -0.05) is 0 Å². The van der Waals surface area contributed by atoms with E-state index in [1.807, 2.05) is 4.93 Å². The molecule has 76 valence electrons. The van der Waals surface area contributed by atoms with Crippen molar-refractivity contribution >= 4 is 3.91 Å². The Morgan fingerprint density at radius 1 is 1.54 bits per heavy atom. The van der Waals surface area contributed by atoms with E-state index in [1.54, 1.807) is 0 Å². The van der Waals surface area contributed by atoms with E-state index in [0.29, 0.717) is 6.54 Å². The van der Waals surface area contributed by atoms with Crippen LogP contribution in [0, 0.1) is 5.53 Å². The molecule has 0 unspecified atom stereocenters. The van der Waals surface area contributed by atoms with E-state index < -0.39 is 0 Å². The molecule has 5 nitrogen and oxygen atoms in total. The molecule has 0 aliphatic heterocycles. The molecule has 0 aromatic carbocycles. The van der Waals surface area contributed by atoms with Crippen LogP contribution in [-0.2, 0) is 0 Å². The molecule has 0 radical (unpaired) electrons. The summed E-state index contributed by atoms with van der Waals surface area (Å²) in [5, 5.41) is 6.37. The topological polar surface area (TPSA) is 79.4 Å². The molecule has 0 fully saturated rings. The van der Waals surface area contributed by atoms with Gasteiger partial charge in [-0.3, -0.25) is 0 Å². The number of amides is 1. The molecule has 13 heavy (non-hydrogen) atoms. The van der Waals surface area contributed by atoms with Gasteiger partial charge in [-0.15, -0.1) is 0 Å². The predicted molar refractivity (Wildman–Crippen MR) is 45.3 cm³/mol. The molecule has 0 heterocycles. The Morgan fingerprint density at radius 2 is 2.31 bits per heavy atom. The molecule has 0 bridgehead atoms. The van der Waals surface area contributed by atoms with Gasteiger partial charge in [0.15, 0.2) is 0 Å². The quantitative estimate of drug-likeness (QED) is 0.108. The van der Waals surface area contributed by atoms with E-state index in [4.69, 9.17) is 5.53 Å². The van der Waals surface area contributed by atoms with Crippen molar-refractivity contribution in [1.29, 1.82) is 5.53 Å². The number of hydrogen-bond donors (Lipinski definition) is 2. The Bertz CT molecular complexity index is 191. The van der Waals surface area contributed by atoms with Gasteiger partial charge in [-0.2, -0.15) is 0 Å². The normalized spacial score (nSPS) is 9.31. The van der Waals surface area contributed by atoms with Crippen molar-refractivity contribution in [3.63, 3.8) is 0 Å². The number of unbranched alkanes of at least 4 members (excludes halogenated alkanes) is 2. The number of rotatable bonds is 7. The maximum atomic E-state index is 10.8. The van der Waals surface area contributed by atoms with Crippen molar-refractivity contribution in [2.24, 2.45) is 5.11 Å². The van der Waals surface area contributed by atoms with Crippen LogP contribution in [0.5, 0.6) is 0 Å². The molecule has 1 amide bonds. The van der Waals surface area contributed by atoms with E-state index >= 15 is 0 Å². The third-order valence-electron chi connectivity index (χ3n) is 1.44. The number of carbonyl (C=O) groups excluding carboxylic acids is 1. The minimum absolute atomic E-state index is 0.213. The first-order valence-corrected chi connectivity index (χ1v) is 7.35. The van der Waals surface area contributed by atoms with Gasteiger partial charge >= 0.3 is 88.1 Å². The summed E-state index contributed by atoms with van der Waals surface area (Å²) >= 11 is -0.296. The zero-order valence-corrected chi connectivity index (χ0v) is 9.87. The monoisotopic (exact) mass is 298 g/mol. The Labute approximate surface area is 88.2 Å². The summed E-state index contributed by atoms with van der Waals surface area (Å²) in [6, 6.07) is 0. The summed E-state index contributed by atoms with van der Waals surface area (Å²) in [4.78, 5) is 15.7. The van der Waals surface area contributed by atoms with E-state index in [0.717, 1.165) is 25.8 Å². The van der Waals surface area contributed by atoms with Crippen LogP contribution in [0.4, 0.5) is 4.79 Å². The summed E-state index contributed by atoms with van der Waals surface area (Å²) in [5.74, 6) is 0. The number of nitrogens with one attached hydrogen (secondary N) is 2. The zero-order chi connectivity index (χ0) is 9.94. The Hall–Kier alpha value is -0.490. The number of hydrogen-bond acceptors (Lipinski definition) is 3. The van der Waals surface area contributed by atoms with Crippen LogP contribution in [0.2, 0.25) is 0 Å². The van der Waals surface area contributed by atoms with Gasteiger partial charge in [0.25, 0.3) is 0 Å². The molecule has 0 saturated heterocycles. The molecule has 2 N–H and O–H groups in total. The summed E-state index contributed by atoms with van der Waals surface area (Å²) in [5.41, 5.74) is 6.41. The summed E-state index contributed by atoms with van der Waals surface area (Å²) in [6.07, 6.45) is 2.96. The van der Waals surface area contributed by atoms with Crippen molar-refractivity contribution < 1.29 is 26.0 Å². The molecule has 6 heteroatoms. The molecule has 0 spiro atoms. The molecular weight excluding hydrogens is 283 g/mol. The van der Waals surface area contributed by atoms with Gasteiger partial charge in [0, 0.05) is 0 Å². The van der Waals surface area contributed by atoms with Crippen LogP contribution >= 0.6 is 0 Å². The second-order valence-electron chi connectivity index (χ2n) is 2.42. The second kappa shape index (κ2) is 9.60. The fourth-order valence-electron chi connectivity index (χ4n) is 0.788. The fraction of sp³-hybridized carbons (Fsp3) is 0.857. The first kappa shape index (κ1) is 12.5. The molecule has 0 aliphatic rings. The maximum absolute atomic E-state index is 10.8. The van der Waals surface area contributed by atoms with Crippen LogP contribution in [0.15, 0.2) is 5.11 Å². The second-order valence-corrected chi connectivity index (χ2v) is 4.47. The predicted octanol–water partition coefficient (Wildman–Crippen LogP) is -1.86. The third-order valence-corrected chi connectivity index (χ3v) is 2.80. The van der Waals surface area contributed by atoms with Gasteiger partial charge in [-0.25, -0.2) is 0 Å². The van der Waals surface area contributed by atoms with Crippen LogP contribution in [0.1, 0.15) is 19.3 Å². The van der Waals surface area contributed by atoms with Crippen molar-refractivity contribution in [3.05, 3.63) is 0 Å². The summed E-state index contributed by atoms with van der Waals surface area (Å²) in [6.45, 7) is 1.39. The first-order chi connectivity index (χ1) is 6.31. The van der Waals surface area contributed by atoms with Crippen LogP contribution < -0.4 is 31.4 Å². The zero-order valence-electron chi connectivity index (χ0n) is 7.72. The van der Waals surface area contributed by atoms with Crippen molar-refractivity contribution in [2.75, 3.05) is 18.0 Å². The van der Waals surface area contributed by atoms with Gasteiger partial charge in [-0.05, 0) is 0 Å². The average Bonchev–Trinajstić information content (AvgIpc) is 2.16. The summed E-state index contributed by atoms with van der Waals surface area (Å²) < 4.78 is 0.213. The molecule has 0 aromatic rings. The molecule has 0 saturated carbocycles. The van der Waals surface area contributed by atoms with Gasteiger partial charge in [0.1, 0.15) is 0 Å². The molecule has 0 aromatic heterocycles. The minimum atomic E-state index is -0.296. The van der Waals surface area contributed by atoms with Crippen LogP contribution in [-0.4, -0.2) is 21.9 Å². The molecule has 0 atom stereocenters. The van der Waals surface area contributed by atoms with Crippen molar-refractivity contribution in [2.45, 2.75) is 19.3 Å². The van der Waals surface area contributed by atoms with E-state index in [2.05, 4.69) is 15.3 Å². The van der Waals surface area contributed by atoms with Crippen LogP contribution in [0.3, 0.4) is 0 Å². The van der Waals surface area contributed by atoms with Gasteiger partial charge < -0.3 is 0 Å². The molecule has 0 rings (SSSR count). The fourth-order valence-corrected chi connectivity index (χ4v) is 1.44. The van der Waals surface area contributed by atoms with E-state index in [9.17, 15) is 4.79 Å². The SMILES string of the molecule is C[I-]C(=O)NCCCCCN=[N+]=N. The number of halogens is 1. The average molecular weight is 298 g/mol. The molecular formula is C7H15IN4O. The van der Waals surface area contributed by atoms with Crippen molar-refractivity contribution in [3.8, 4) is 0 Å². The Morgan fingerprint density at radius 3 is 2.92 bits per heavy atom.